The smallest absolute Gasteiger partial charge is 0.118 e. The van der Waals surface area contributed by atoms with Crippen molar-refractivity contribution < 1.29 is 9.84 Å². The van der Waals surface area contributed by atoms with E-state index in [0.29, 0.717) is 5.92 Å². The minimum absolute atomic E-state index is 0.162. The van der Waals surface area contributed by atoms with Crippen molar-refractivity contribution >= 4 is 0 Å². The van der Waals surface area contributed by atoms with Crippen LogP contribution in [0, 0.1) is 11.3 Å². The lowest BCUT2D eigenvalue weighted by Gasteiger charge is -2.36. The Bertz CT molecular complexity index is 416. The molecule has 1 N–H and O–H groups in total. The van der Waals surface area contributed by atoms with Crippen molar-refractivity contribution in [2.45, 2.75) is 64.9 Å². The van der Waals surface area contributed by atoms with Crippen LogP contribution >= 0.6 is 0 Å². The van der Waals surface area contributed by atoms with Crippen molar-refractivity contribution in [2.75, 3.05) is 7.11 Å². The van der Waals surface area contributed by atoms with Crippen molar-refractivity contribution in [3.05, 3.63) is 29.8 Å². The van der Waals surface area contributed by atoms with E-state index in [4.69, 9.17) is 4.74 Å². The van der Waals surface area contributed by atoms with Crippen LogP contribution in [0.15, 0.2) is 24.3 Å². The van der Waals surface area contributed by atoms with Gasteiger partial charge in [0.05, 0.1) is 13.2 Å². The molecule has 2 heteroatoms. The van der Waals surface area contributed by atoms with Crippen molar-refractivity contribution in [2.24, 2.45) is 11.3 Å². The molecule has 0 amide bonds. The highest BCUT2D eigenvalue weighted by Gasteiger charge is 2.40. The molecule has 1 aliphatic rings. The third-order valence-electron chi connectivity index (χ3n) is 4.99. The maximum Gasteiger partial charge on any atom is 0.118 e. The van der Waals surface area contributed by atoms with Crippen LogP contribution in [-0.2, 0) is 6.42 Å². The Labute approximate surface area is 129 Å². The average molecular weight is 290 g/mol. The van der Waals surface area contributed by atoms with E-state index < -0.39 is 0 Å². The summed E-state index contributed by atoms with van der Waals surface area (Å²) in [6.07, 6.45) is 7.80. The van der Waals surface area contributed by atoms with Gasteiger partial charge in [-0.25, -0.2) is 0 Å². The van der Waals surface area contributed by atoms with Gasteiger partial charge in [-0.05, 0) is 61.1 Å². The predicted molar refractivity (Wildman–Crippen MR) is 87.7 cm³/mol. The molecular formula is C19H30O2. The standard InChI is InChI=1S/C19H30O2/c1-15(2)14-19(12-4-5-13-19)18(20)11-8-16-6-9-17(21-3)10-7-16/h6-7,9-10,15,18,20H,4-5,8,11-14H2,1-3H3. The normalized spacial score (nSPS) is 18.9. The molecule has 21 heavy (non-hydrogen) atoms. The fraction of sp³-hybridized carbons (Fsp3) is 0.684. The van der Waals surface area contributed by atoms with Gasteiger partial charge in [0.1, 0.15) is 5.75 Å². The van der Waals surface area contributed by atoms with E-state index in [1.165, 1.54) is 31.2 Å². The Morgan fingerprint density at radius 2 is 1.76 bits per heavy atom. The number of benzene rings is 1. The number of aryl methyl sites for hydroxylation is 1. The quantitative estimate of drug-likeness (QED) is 0.795. The monoisotopic (exact) mass is 290 g/mol. The summed E-state index contributed by atoms with van der Waals surface area (Å²) in [6, 6.07) is 8.22. The fourth-order valence-electron chi connectivity index (χ4n) is 3.97. The van der Waals surface area contributed by atoms with Crippen LogP contribution in [0.5, 0.6) is 5.75 Å². The molecule has 2 rings (SSSR count). The van der Waals surface area contributed by atoms with E-state index in [-0.39, 0.29) is 11.5 Å². The van der Waals surface area contributed by atoms with Gasteiger partial charge in [-0.2, -0.15) is 0 Å². The summed E-state index contributed by atoms with van der Waals surface area (Å²) in [4.78, 5) is 0. The Kier molecular flexibility index (Phi) is 5.69. The van der Waals surface area contributed by atoms with Gasteiger partial charge in [0, 0.05) is 0 Å². The van der Waals surface area contributed by atoms with Crippen LogP contribution in [0.4, 0.5) is 0 Å². The fourth-order valence-corrected chi connectivity index (χ4v) is 3.97. The molecule has 1 aromatic rings. The van der Waals surface area contributed by atoms with Gasteiger partial charge in [0.25, 0.3) is 0 Å². The van der Waals surface area contributed by atoms with Gasteiger partial charge in [-0.1, -0.05) is 38.8 Å². The molecule has 0 aliphatic heterocycles. The number of methoxy groups -OCH3 is 1. The van der Waals surface area contributed by atoms with Crippen molar-refractivity contribution in [3.63, 3.8) is 0 Å². The third kappa shape index (κ3) is 4.23. The molecule has 1 aromatic carbocycles. The SMILES string of the molecule is COc1ccc(CCC(O)C2(CC(C)C)CCCC2)cc1. The number of aliphatic hydroxyl groups excluding tert-OH is 1. The second-order valence-corrected chi connectivity index (χ2v) is 7.07. The molecule has 1 unspecified atom stereocenters. The molecule has 2 nitrogen and oxygen atoms in total. The van der Waals surface area contributed by atoms with Crippen molar-refractivity contribution in [1.29, 1.82) is 0 Å². The minimum Gasteiger partial charge on any atom is -0.497 e. The Balaban J connectivity index is 1.93. The minimum atomic E-state index is -0.162. The highest BCUT2D eigenvalue weighted by Crippen LogP contribution is 2.47. The summed E-state index contributed by atoms with van der Waals surface area (Å²) in [5.41, 5.74) is 1.47. The van der Waals surface area contributed by atoms with E-state index in [1.807, 2.05) is 12.1 Å². The van der Waals surface area contributed by atoms with Gasteiger partial charge in [0.15, 0.2) is 0 Å². The summed E-state index contributed by atoms with van der Waals surface area (Å²) in [5, 5.41) is 10.8. The van der Waals surface area contributed by atoms with Crippen LogP contribution in [0.3, 0.4) is 0 Å². The van der Waals surface area contributed by atoms with Gasteiger partial charge in [-0.15, -0.1) is 0 Å². The Morgan fingerprint density at radius 1 is 1.14 bits per heavy atom. The predicted octanol–water partition coefficient (Wildman–Crippen LogP) is 4.60. The van der Waals surface area contributed by atoms with Crippen LogP contribution in [0.1, 0.15) is 57.9 Å². The summed E-state index contributed by atoms with van der Waals surface area (Å²) in [6.45, 7) is 4.55. The van der Waals surface area contributed by atoms with Crippen molar-refractivity contribution in [3.8, 4) is 5.75 Å². The molecular weight excluding hydrogens is 260 g/mol. The molecule has 0 radical (unpaired) electrons. The van der Waals surface area contributed by atoms with Gasteiger partial charge >= 0.3 is 0 Å². The summed E-state index contributed by atoms with van der Waals surface area (Å²) in [5.74, 6) is 1.56. The van der Waals surface area contributed by atoms with Crippen LogP contribution < -0.4 is 4.74 Å². The molecule has 1 aliphatic carbocycles. The summed E-state index contributed by atoms with van der Waals surface area (Å²) in [7, 11) is 1.69. The van der Waals surface area contributed by atoms with E-state index in [9.17, 15) is 5.11 Å². The van der Waals surface area contributed by atoms with E-state index in [0.717, 1.165) is 25.0 Å². The topological polar surface area (TPSA) is 29.5 Å². The first-order valence-electron chi connectivity index (χ1n) is 8.37. The van der Waals surface area contributed by atoms with Crippen LogP contribution in [-0.4, -0.2) is 18.3 Å². The highest BCUT2D eigenvalue weighted by atomic mass is 16.5. The lowest BCUT2D eigenvalue weighted by atomic mass is 9.72. The first-order valence-corrected chi connectivity index (χ1v) is 8.37. The van der Waals surface area contributed by atoms with E-state index >= 15 is 0 Å². The molecule has 118 valence electrons. The molecule has 0 aromatic heterocycles. The first-order chi connectivity index (χ1) is 10.1. The second kappa shape index (κ2) is 7.31. The van der Waals surface area contributed by atoms with E-state index in [2.05, 4.69) is 26.0 Å². The molecule has 0 saturated heterocycles. The highest BCUT2D eigenvalue weighted by molar-refractivity contribution is 5.27. The van der Waals surface area contributed by atoms with Gasteiger partial charge in [-0.3, -0.25) is 0 Å². The molecule has 1 atom stereocenters. The maximum absolute atomic E-state index is 10.8. The summed E-state index contributed by atoms with van der Waals surface area (Å²) < 4.78 is 5.19. The zero-order valence-electron chi connectivity index (χ0n) is 13.8. The lowest BCUT2D eigenvalue weighted by Crippen LogP contribution is -2.34. The first kappa shape index (κ1) is 16.4. The molecule has 0 heterocycles. The largest absolute Gasteiger partial charge is 0.497 e. The van der Waals surface area contributed by atoms with Gasteiger partial charge in [0.2, 0.25) is 0 Å². The molecule has 0 spiro atoms. The molecule has 0 bridgehead atoms. The van der Waals surface area contributed by atoms with Gasteiger partial charge < -0.3 is 9.84 Å². The Hall–Kier alpha value is -1.02. The number of aliphatic hydroxyl groups is 1. The number of ether oxygens (including phenoxy) is 1. The molecule has 1 fully saturated rings. The zero-order chi connectivity index (χ0) is 15.3. The maximum atomic E-state index is 10.8. The third-order valence-corrected chi connectivity index (χ3v) is 4.99. The molecule has 1 saturated carbocycles. The number of rotatable bonds is 7. The van der Waals surface area contributed by atoms with E-state index in [1.54, 1.807) is 7.11 Å². The van der Waals surface area contributed by atoms with Crippen LogP contribution in [0.2, 0.25) is 0 Å². The average Bonchev–Trinajstić information content (AvgIpc) is 2.94. The zero-order valence-corrected chi connectivity index (χ0v) is 13.8. The summed E-state index contributed by atoms with van der Waals surface area (Å²) >= 11 is 0. The Morgan fingerprint density at radius 3 is 2.29 bits per heavy atom. The lowest BCUT2D eigenvalue weighted by molar-refractivity contribution is 0.00734. The number of hydrogen-bond acceptors (Lipinski definition) is 2. The van der Waals surface area contributed by atoms with Crippen LogP contribution in [0.25, 0.3) is 0 Å². The second-order valence-electron chi connectivity index (χ2n) is 7.07. The number of hydrogen-bond donors (Lipinski definition) is 1. The van der Waals surface area contributed by atoms with Crippen molar-refractivity contribution in [1.82, 2.24) is 0 Å².